The van der Waals surface area contributed by atoms with E-state index in [9.17, 15) is 9.90 Å². The summed E-state index contributed by atoms with van der Waals surface area (Å²) in [6, 6.07) is 3.75. The van der Waals surface area contributed by atoms with Gasteiger partial charge in [-0.3, -0.25) is 4.98 Å². The van der Waals surface area contributed by atoms with Crippen molar-refractivity contribution < 1.29 is 9.90 Å². The molecule has 1 aliphatic rings. The largest absolute Gasteiger partial charge is 0.393 e. The van der Waals surface area contributed by atoms with Gasteiger partial charge in [-0.1, -0.05) is 20.3 Å². The minimum atomic E-state index is -0.267. The molecule has 1 aromatic heterocycles. The molecule has 2 amide bonds. The van der Waals surface area contributed by atoms with Crippen LogP contribution in [0.3, 0.4) is 0 Å². The highest BCUT2D eigenvalue weighted by Gasteiger charge is 2.28. The van der Waals surface area contributed by atoms with Gasteiger partial charge in [-0.05, 0) is 36.5 Å². The van der Waals surface area contributed by atoms with Crippen LogP contribution in [0.4, 0.5) is 4.79 Å². The van der Waals surface area contributed by atoms with Crippen LogP contribution in [0.2, 0.25) is 0 Å². The van der Waals surface area contributed by atoms with Gasteiger partial charge in [0.2, 0.25) is 0 Å². The van der Waals surface area contributed by atoms with Gasteiger partial charge in [-0.25, -0.2) is 4.79 Å². The quantitative estimate of drug-likeness (QED) is 0.878. The lowest BCUT2D eigenvalue weighted by Crippen LogP contribution is -2.43. The van der Waals surface area contributed by atoms with Crippen molar-refractivity contribution in [1.29, 1.82) is 0 Å². The summed E-state index contributed by atoms with van der Waals surface area (Å²) in [5.74, 6) is 0.492. The molecule has 1 heterocycles. The van der Waals surface area contributed by atoms with E-state index in [0.717, 1.165) is 24.8 Å². The van der Waals surface area contributed by atoms with Gasteiger partial charge in [0.1, 0.15) is 0 Å². The van der Waals surface area contributed by atoms with Crippen molar-refractivity contribution in [3.63, 3.8) is 0 Å². The maximum Gasteiger partial charge on any atom is 0.317 e. The van der Waals surface area contributed by atoms with Crippen molar-refractivity contribution in [3.8, 4) is 0 Å². The van der Waals surface area contributed by atoms with Crippen LogP contribution in [-0.2, 0) is 0 Å². The number of aliphatic hydroxyl groups excluding tert-OH is 1. The number of nitrogens with zero attached hydrogens (tertiary/aromatic N) is 2. The number of hydrogen-bond donors (Lipinski definition) is 2. The highest BCUT2D eigenvalue weighted by molar-refractivity contribution is 5.74. The molecule has 0 bridgehead atoms. The highest BCUT2D eigenvalue weighted by Crippen LogP contribution is 2.26. The molecule has 3 atom stereocenters. The summed E-state index contributed by atoms with van der Waals surface area (Å²) in [6.45, 7) is 4.78. The van der Waals surface area contributed by atoms with Gasteiger partial charge in [0.25, 0.3) is 0 Å². The average molecular weight is 305 g/mol. The third-order valence-electron chi connectivity index (χ3n) is 4.48. The third kappa shape index (κ3) is 4.19. The maximum absolute atomic E-state index is 12.4. The number of carbonyl (C=O) groups is 1. The van der Waals surface area contributed by atoms with E-state index in [-0.39, 0.29) is 30.0 Å². The molecule has 122 valence electrons. The van der Waals surface area contributed by atoms with E-state index in [1.165, 1.54) is 0 Å². The first-order valence-corrected chi connectivity index (χ1v) is 8.08. The van der Waals surface area contributed by atoms with Gasteiger partial charge in [-0.15, -0.1) is 0 Å². The lowest BCUT2D eigenvalue weighted by atomic mass is 9.97. The van der Waals surface area contributed by atoms with Gasteiger partial charge in [0.05, 0.1) is 12.1 Å². The van der Waals surface area contributed by atoms with E-state index in [4.69, 9.17) is 0 Å². The van der Waals surface area contributed by atoms with Gasteiger partial charge in [0.15, 0.2) is 0 Å². The number of urea groups is 1. The van der Waals surface area contributed by atoms with Crippen LogP contribution < -0.4 is 5.32 Å². The molecular formula is C17H27N3O2. The number of pyridine rings is 1. The first kappa shape index (κ1) is 16.7. The fraction of sp³-hybridized carbons (Fsp3) is 0.647. The summed E-state index contributed by atoms with van der Waals surface area (Å²) in [4.78, 5) is 18.2. The molecule has 1 saturated carbocycles. The number of aliphatic hydroxyl groups is 1. The Kier molecular flexibility index (Phi) is 5.77. The molecule has 0 aromatic carbocycles. The smallest absolute Gasteiger partial charge is 0.317 e. The van der Waals surface area contributed by atoms with Crippen molar-refractivity contribution in [2.24, 2.45) is 11.8 Å². The zero-order chi connectivity index (χ0) is 16.1. The number of nitrogens with one attached hydrogen (secondary N) is 1. The van der Waals surface area contributed by atoms with Crippen molar-refractivity contribution in [3.05, 3.63) is 30.1 Å². The van der Waals surface area contributed by atoms with Crippen molar-refractivity contribution >= 4 is 6.03 Å². The average Bonchev–Trinajstić information content (AvgIpc) is 2.90. The Labute approximate surface area is 132 Å². The monoisotopic (exact) mass is 305 g/mol. The molecule has 5 heteroatoms. The summed E-state index contributed by atoms with van der Waals surface area (Å²) in [5.41, 5.74) is 1.06. The Morgan fingerprint density at radius 3 is 2.64 bits per heavy atom. The Balaban J connectivity index is 1.96. The molecule has 2 rings (SSSR count). The maximum atomic E-state index is 12.4. The fourth-order valence-corrected chi connectivity index (χ4v) is 3.11. The molecule has 2 N–H and O–H groups in total. The van der Waals surface area contributed by atoms with Crippen LogP contribution in [0.1, 0.15) is 44.7 Å². The van der Waals surface area contributed by atoms with Crippen LogP contribution in [-0.4, -0.2) is 40.7 Å². The normalized spacial score (nSPS) is 22.6. The SMILES string of the molecule is CC(C)[C@H](NC(=O)N(C)C[C@H]1CCC[C@H]1O)c1ccncc1. The van der Waals surface area contributed by atoms with Gasteiger partial charge >= 0.3 is 6.03 Å². The van der Waals surface area contributed by atoms with Crippen LogP contribution in [0.5, 0.6) is 0 Å². The van der Waals surface area contributed by atoms with Crippen molar-refractivity contribution in [1.82, 2.24) is 15.2 Å². The molecule has 1 aliphatic carbocycles. The summed E-state index contributed by atoms with van der Waals surface area (Å²) in [6.07, 6.45) is 6.12. The number of amides is 2. The zero-order valence-corrected chi connectivity index (χ0v) is 13.7. The lowest BCUT2D eigenvalue weighted by Gasteiger charge is -2.28. The second kappa shape index (κ2) is 7.58. The number of carbonyl (C=O) groups excluding carboxylic acids is 1. The summed E-state index contributed by atoms with van der Waals surface area (Å²) in [5, 5.41) is 13.0. The molecule has 22 heavy (non-hydrogen) atoms. The highest BCUT2D eigenvalue weighted by atomic mass is 16.3. The van der Waals surface area contributed by atoms with Gasteiger partial charge < -0.3 is 15.3 Å². The second-order valence-corrected chi connectivity index (χ2v) is 6.59. The van der Waals surface area contributed by atoms with E-state index in [0.29, 0.717) is 6.54 Å². The predicted molar refractivity (Wildman–Crippen MR) is 86.3 cm³/mol. The molecule has 5 nitrogen and oxygen atoms in total. The predicted octanol–water partition coefficient (Wildman–Crippen LogP) is 2.58. The van der Waals surface area contributed by atoms with E-state index >= 15 is 0 Å². The molecule has 0 spiro atoms. The standard InChI is InChI=1S/C17H27N3O2/c1-12(2)16(13-7-9-18-10-8-13)19-17(22)20(3)11-14-5-4-6-15(14)21/h7-10,12,14-16,21H,4-6,11H2,1-3H3,(H,19,22)/t14-,15-,16+/m1/s1. The Morgan fingerprint density at radius 1 is 1.41 bits per heavy atom. The van der Waals surface area contributed by atoms with Crippen LogP contribution in [0.25, 0.3) is 0 Å². The van der Waals surface area contributed by atoms with Gasteiger partial charge in [0, 0.05) is 31.9 Å². The minimum absolute atomic E-state index is 0.0357. The first-order chi connectivity index (χ1) is 10.5. The summed E-state index contributed by atoms with van der Waals surface area (Å²) in [7, 11) is 1.80. The Morgan fingerprint density at radius 2 is 2.09 bits per heavy atom. The lowest BCUT2D eigenvalue weighted by molar-refractivity contribution is 0.113. The van der Waals surface area contributed by atoms with Crippen LogP contribution in [0.15, 0.2) is 24.5 Å². The van der Waals surface area contributed by atoms with E-state index < -0.39 is 0 Å². The molecule has 1 aromatic rings. The minimum Gasteiger partial charge on any atom is -0.393 e. The van der Waals surface area contributed by atoms with Crippen LogP contribution in [0, 0.1) is 11.8 Å². The fourth-order valence-electron chi connectivity index (χ4n) is 3.11. The number of rotatable bonds is 5. The first-order valence-electron chi connectivity index (χ1n) is 8.08. The molecule has 0 unspecified atom stereocenters. The Bertz CT molecular complexity index is 478. The van der Waals surface area contributed by atoms with Gasteiger partial charge in [-0.2, -0.15) is 0 Å². The third-order valence-corrected chi connectivity index (χ3v) is 4.48. The molecule has 1 fully saturated rings. The van der Waals surface area contributed by atoms with E-state index in [1.807, 2.05) is 12.1 Å². The summed E-state index contributed by atoms with van der Waals surface area (Å²) < 4.78 is 0. The number of aromatic nitrogens is 1. The molecule has 0 radical (unpaired) electrons. The van der Waals surface area contributed by atoms with Crippen molar-refractivity contribution in [2.45, 2.75) is 45.3 Å². The molecule has 0 aliphatic heterocycles. The number of hydrogen-bond acceptors (Lipinski definition) is 3. The zero-order valence-electron chi connectivity index (χ0n) is 13.7. The second-order valence-electron chi connectivity index (χ2n) is 6.59. The van der Waals surface area contributed by atoms with Crippen molar-refractivity contribution in [2.75, 3.05) is 13.6 Å². The summed E-state index contributed by atoms with van der Waals surface area (Å²) >= 11 is 0. The molecule has 0 saturated heterocycles. The topological polar surface area (TPSA) is 65.5 Å². The Hall–Kier alpha value is -1.62. The van der Waals surface area contributed by atoms with Crippen LogP contribution >= 0.6 is 0 Å². The van der Waals surface area contributed by atoms with E-state index in [1.54, 1.807) is 24.3 Å². The molecular weight excluding hydrogens is 278 g/mol. The van der Waals surface area contributed by atoms with E-state index in [2.05, 4.69) is 24.1 Å².